The lowest BCUT2D eigenvalue weighted by Crippen LogP contribution is -2.61. The van der Waals surface area contributed by atoms with Crippen molar-refractivity contribution in [2.45, 2.75) is 146 Å². The average Bonchev–Trinajstić information content (AvgIpc) is 1.87. The SMILES string of the molecule is CN=C(N)NCCC[C@H](NC(=O)[C@H](CC(C)C)n1cc(CNC(=O)[C@H](Cc2ccccc2)NC(=O)C(NC(=O)[C@H](CC(N)=O)NC(=O)[C@@H]2C[C@@H](O)CN2C(=O)[C@@H](Cc2ccc(O)cc2)NC(C)=O)C(C)O)nn1)C(=O)N[C@@H](Cc1c[nH]c2ccccc12)C(N)=O. The lowest BCUT2D eigenvalue weighted by Gasteiger charge is -2.30. The van der Waals surface area contributed by atoms with Crippen LogP contribution in [0.2, 0.25) is 0 Å². The molecule has 1 aliphatic rings. The first-order valence-electron chi connectivity index (χ1n) is 29.3. The molecule has 3 aromatic carbocycles. The van der Waals surface area contributed by atoms with E-state index in [4.69, 9.17) is 17.2 Å². The lowest BCUT2D eigenvalue weighted by molar-refractivity contribution is -0.142. The molecule has 2 aromatic heterocycles. The Labute approximate surface area is 518 Å². The minimum atomic E-state index is -1.82. The summed E-state index contributed by atoms with van der Waals surface area (Å²) in [6.45, 7) is 5.76. The number of aromatic hydroxyl groups is 1. The molecule has 30 nitrogen and oxygen atoms in total. The molecule has 0 aliphatic carbocycles. The largest absolute Gasteiger partial charge is 0.508 e. The highest BCUT2D eigenvalue weighted by Gasteiger charge is 2.43. The number of β-amino-alcohol motifs (C(OH)–C–C–N with tert-alkyl or cyclic N) is 1. The van der Waals surface area contributed by atoms with Crippen LogP contribution in [0.3, 0.4) is 0 Å². The number of aromatic amines is 1. The van der Waals surface area contributed by atoms with Crippen LogP contribution in [0, 0.1) is 5.92 Å². The summed E-state index contributed by atoms with van der Waals surface area (Å²) in [5.41, 5.74) is 20.0. The van der Waals surface area contributed by atoms with E-state index in [-0.39, 0.29) is 81.5 Å². The number of amides is 10. The van der Waals surface area contributed by atoms with Gasteiger partial charge in [0, 0.05) is 69.8 Å². The molecule has 1 saturated heterocycles. The second-order valence-electron chi connectivity index (χ2n) is 22.5. The zero-order valence-corrected chi connectivity index (χ0v) is 50.7. The van der Waals surface area contributed by atoms with Gasteiger partial charge in [0.05, 0.1) is 31.4 Å². The minimum absolute atomic E-state index is 0.0394. The number of hydrogen-bond acceptors (Lipinski definition) is 16. The van der Waals surface area contributed by atoms with E-state index in [1.807, 2.05) is 38.1 Å². The fraction of sp³-hybridized carbons (Fsp3) is 0.450. The Morgan fingerprint density at radius 3 is 2.02 bits per heavy atom. The van der Waals surface area contributed by atoms with Gasteiger partial charge in [0.1, 0.15) is 59.8 Å². The fourth-order valence-corrected chi connectivity index (χ4v) is 10.3. The van der Waals surface area contributed by atoms with Crippen molar-refractivity contribution in [1.29, 1.82) is 0 Å². The lowest BCUT2D eigenvalue weighted by atomic mass is 10.0. The Hall–Kier alpha value is -9.97. The number of primary amides is 2. The third-order valence-corrected chi connectivity index (χ3v) is 14.9. The zero-order chi connectivity index (χ0) is 65.8. The first kappa shape index (κ1) is 69.1. The van der Waals surface area contributed by atoms with Gasteiger partial charge in [0.25, 0.3) is 0 Å². The topological polar surface area (TPSA) is 468 Å². The van der Waals surface area contributed by atoms with Gasteiger partial charge in [-0.25, -0.2) is 4.68 Å². The summed E-state index contributed by atoms with van der Waals surface area (Å²) in [6.07, 6.45) is -0.346. The number of guanidine groups is 1. The van der Waals surface area contributed by atoms with E-state index < -0.39 is 126 Å². The molecule has 484 valence electrons. The number of aliphatic hydroxyl groups is 2. The van der Waals surface area contributed by atoms with E-state index in [9.17, 15) is 63.3 Å². The molecular formula is C60H81N17O13. The van der Waals surface area contributed by atoms with Gasteiger partial charge in [0.2, 0.25) is 59.1 Å². The van der Waals surface area contributed by atoms with Crippen LogP contribution in [0.5, 0.6) is 5.75 Å². The minimum Gasteiger partial charge on any atom is -0.508 e. The Morgan fingerprint density at radius 1 is 0.722 bits per heavy atom. The Bertz CT molecular complexity index is 3350. The van der Waals surface area contributed by atoms with Crippen LogP contribution < -0.4 is 59.7 Å². The quantitative estimate of drug-likeness (QED) is 0.0119. The number of carbonyl (C=O) groups is 10. The number of hydrogen-bond donors (Lipinski definition) is 15. The van der Waals surface area contributed by atoms with Crippen LogP contribution >= 0.6 is 0 Å². The van der Waals surface area contributed by atoms with Crippen molar-refractivity contribution in [3.63, 3.8) is 0 Å². The summed E-state index contributed by atoms with van der Waals surface area (Å²) in [4.78, 5) is 144. The van der Waals surface area contributed by atoms with Crippen molar-refractivity contribution in [2.24, 2.45) is 28.1 Å². The summed E-state index contributed by atoms with van der Waals surface area (Å²) in [7, 11) is 1.50. The molecule has 0 saturated carbocycles. The van der Waals surface area contributed by atoms with E-state index >= 15 is 0 Å². The molecule has 30 heteroatoms. The molecule has 3 heterocycles. The molecule has 0 bridgehead atoms. The van der Waals surface area contributed by atoms with Gasteiger partial charge in [-0.05, 0) is 67.0 Å². The molecule has 0 spiro atoms. The number of aliphatic imine (C=N–C) groups is 1. The number of para-hydroxylation sites is 1. The molecule has 90 heavy (non-hydrogen) atoms. The number of fused-ring (bicyclic) bond motifs is 1. The van der Waals surface area contributed by atoms with Gasteiger partial charge in [-0.1, -0.05) is 79.7 Å². The number of nitrogens with zero attached hydrogens (tertiary/aromatic N) is 5. The monoisotopic (exact) mass is 1250 g/mol. The van der Waals surface area contributed by atoms with Crippen molar-refractivity contribution >= 4 is 75.9 Å². The Kier molecular flexibility index (Phi) is 25.2. The van der Waals surface area contributed by atoms with Gasteiger partial charge >= 0.3 is 0 Å². The van der Waals surface area contributed by atoms with Crippen molar-refractivity contribution < 1.29 is 63.3 Å². The number of nitrogens with one attached hydrogen (secondary N) is 9. The average molecular weight is 1250 g/mol. The van der Waals surface area contributed by atoms with Crippen molar-refractivity contribution in [1.82, 2.24) is 67.4 Å². The van der Waals surface area contributed by atoms with Crippen LogP contribution in [-0.2, 0) is 73.8 Å². The van der Waals surface area contributed by atoms with Crippen molar-refractivity contribution in [3.05, 3.63) is 114 Å². The predicted octanol–water partition coefficient (Wildman–Crippen LogP) is -2.66. The van der Waals surface area contributed by atoms with E-state index in [0.29, 0.717) is 17.5 Å². The molecule has 1 aliphatic heterocycles. The van der Waals surface area contributed by atoms with E-state index in [1.165, 1.54) is 56.0 Å². The number of phenolic OH excluding ortho intramolecular Hbond substituents is 1. The highest BCUT2D eigenvalue weighted by atomic mass is 16.3. The predicted molar refractivity (Wildman–Crippen MR) is 327 cm³/mol. The van der Waals surface area contributed by atoms with Crippen LogP contribution in [0.25, 0.3) is 10.9 Å². The van der Waals surface area contributed by atoms with Gasteiger partial charge in [0.15, 0.2) is 5.96 Å². The second-order valence-corrected chi connectivity index (χ2v) is 22.5. The standard InChI is InChI=1S/C60H81N17O13/c1-32(2)22-49(57(88)69-43(16-11-21-65-60(63)64-5)54(85)70-44(52(62)83)25-37-28-66-42-15-10-9-14-41(37)42)77-30-38(74-75-77)29-67-53(84)45(23-35-12-7-6-8-13-35)72-58(89)51(33(3)78)73-55(86)46(27-50(61)82)71-56(87)48-26-40(81)31-76(48)59(90)47(68-34(4)79)24-36-17-19-39(80)20-18-36/h6-10,12-15,17-20,28,30,32-33,40,43-49,51,66,78,80-81H,11,16,21-27,29,31H2,1-5H3,(H2,61,82)(H2,62,83)(H,67,84)(H,68,79)(H,69,88)(H,70,85)(H,71,87)(H,72,89)(H,73,86)(H3,63,64,65)/t33?,40-,43+,44+,45+,46+,47-,48+,49+,51?/m1/s1. The number of likely N-dealkylation sites (tertiary alicyclic amines) is 1. The molecule has 18 N–H and O–H groups in total. The maximum absolute atomic E-state index is 14.4. The second kappa shape index (κ2) is 32.8. The molecule has 2 unspecified atom stereocenters. The Morgan fingerprint density at radius 2 is 1.37 bits per heavy atom. The summed E-state index contributed by atoms with van der Waals surface area (Å²) in [5.74, 6) is -8.46. The number of aliphatic hydroxyl groups excluding tert-OH is 2. The fourth-order valence-electron chi connectivity index (χ4n) is 10.3. The van der Waals surface area contributed by atoms with Gasteiger partial charge in [-0.15, -0.1) is 5.10 Å². The number of benzene rings is 3. The molecule has 5 aromatic rings. The van der Waals surface area contributed by atoms with Gasteiger partial charge in [-0.3, -0.25) is 52.9 Å². The van der Waals surface area contributed by atoms with Crippen LogP contribution in [-0.4, -0.2) is 180 Å². The number of nitrogens with two attached hydrogens (primary N) is 3. The third kappa shape index (κ3) is 20.3. The van der Waals surface area contributed by atoms with Crippen molar-refractivity contribution in [3.8, 4) is 5.75 Å². The number of aromatic nitrogens is 4. The normalized spacial score (nSPS) is 16.7. The summed E-state index contributed by atoms with van der Waals surface area (Å²) in [6, 6.07) is 10.8. The van der Waals surface area contributed by atoms with Crippen LogP contribution in [0.4, 0.5) is 0 Å². The maximum Gasteiger partial charge on any atom is 0.246 e. The van der Waals surface area contributed by atoms with E-state index in [2.05, 4.69) is 62.8 Å². The number of carbonyl (C=O) groups excluding carboxylic acids is 10. The van der Waals surface area contributed by atoms with Crippen molar-refractivity contribution in [2.75, 3.05) is 20.1 Å². The number of rotatable bonds is 32. The maximum atomic E-state index is 14.4. The molecule has 10 amide bonds. The molecule has 0 radical (unpaired) electrons. The van der Waals surface area contributed by atoms with E-state index in [1.54, 1.807) is 36.5 Å². The summed E-state index contributed by atoms with van der Waals surface area (Å²) in [5, 5.41) is 61.8. The Balaban J connectivity index is 1.14. The first-order valence-corrected chi connectivity index (χ1v) is 29.3. The molecular weight excluding hydrogens is 1170 g/mol. The van der Waals surface area contributed by atoms with E-state index in [0.717, 1.165) is 21.4 Å². The highest BCUT2D eigenvalue weighted by molar-refractivity contribution is 5.99. The number of phenols is 1. The highest BCUT2D eigenvalue weighted by Crippen LogP contribution is 2.24. The van der Waals surface area contributed by atoms with Crippen LogP contribution in [0.15, 0.2) is 96.2 Å². The smallest absolute Gasteiger partial charge is 0.246 e. The summed E-state index contributed by atoms with van der Waals surface area (Å²) >= 11 is 0. The molecule has 1 fully saturated rings. The number of H-pyrrole nitrogens is 1. The zero-order valence-electron chi connectivity index (χ0n) is 50.7. The van der Waals surface area contributed by atoms with Gasteiger partial charge < -0.3 is 84.9 Å². The van der Waals surface area contributed by atoms with Gasteiger partial charge in [-0.2, -0.15) is 0 Å². The first-order chi connectivity index (χ1) is 42.8. The third-order valence-electron chi connectivity index (χ3n) is 14.9. The van der Waals surface area contributed by atoms with Crippen LogP contribution in [0.1, 0.15) is 88.2 Å². The summed E-state index contributed by atoms with van der Waals surface area (Å²) < 4.78 is 1.29. The molecule has 6 rings (SSSR count). The molecule has 10 atom stereocenters.